The average Bonchev–Trinajstić information content (AvgIpc) is 2.37. The van der Waals surface area contributed by atoms with Crippen molar-refractivity contribution < 1.29 is 4.79 Å². The standard InChI is InChI=1S/C14H11BrClNO/c15-12-6-4-11(5-7-12)14(18)17-9-10-2-1-3-13(16)8-10/h1-8H,9H2,(H,17,18). The average molecular weight is 325 g/mol. The monoisotopic (exact) mass is 323 g/mol. The smallest absolute Gasteiger partial charge is 0.251 e. The number of benzene rings is 2. The van der Waals surface area contributed by atoms with Crippen LogP contribution in [0.5, 0.6) is 0 Å². The van der Waals surface area contributed by atoms with Crippen LogP contribution in [0.2, 0.25) is 5.02 Å². The van der Waals surface area contributed by atoms with Crippen LogP contribution >= 0.6 is 27.5 Å². The third-order valence-corrected chi connectivity index (χ3v) is 3.21. The first kappa shape index (κ1) is 13.1. The van der Waals surface area contributed by atoms with Gasteiger partial charge < -0.3 is 5.32 Å². The number of halogens is 2. The summed E-state index contributed by atoms with van der Waals surface area (Å²) in [6.07, 6.45) is 0. The molecule has 1 N–H and O–H groups in total. The molecule has 0 aliphatic rings. The molecule has 0 saturated heterocycles. The van der Waals surface area contributed by atoms with Crippen molar-refractivity contribution in [2.24, 2.45) is 0 Å². The Morgan fingerprint density at radius 2 is 1.89 bits per heavy atom. The molecule has 2 nitrogen and oxygen atoms in total. The lowest BCUT2D eigenvalue weighted by molar-refractivity contribution is 0.0951. The topological polar surface area (TPSA) is 29.1 Å². The SMILES string of the molecule is O=C(NCc1cccc(Cl)c1)c1ccc(Br)cc1. The minimum atomic E-state index is -0.0949. The number of carbonyl (C=O) groups is 1. The predicted molar refractivity (Wildman–Crippen MR) is 76.8 cm³/mol. The van der Waals surface area contributed by atoms with Gasteiger partial charge in [-0.25, -0.2) is 0 Å². The molecular formula is C14H11BrClNO. The Hall–Kier alpha value is -1.32. The summed E-state index contributed by atoms with van der Waals surface area (Å²) in [7, 11) is 0. The molecular weight excluding hydrogens is 314 g/mol. The van der Waals surface area contributed by atoms with Crippen LogP contribution in [0, 0.1) is 0 Å². The lowest BCUT2D eigenvalue weighted by Crippen LogP contribution is -2.22. The maximum atomic E-state index is 11.9. The molecule has 0 unspecified atom stereocenters. The molecule has 92 valence electrons. The van der Waals surface area contributed by atoms with Gasteiger partial charge in [-0.3, -0.25) is 4.79 Å². The van der Waals surface area contributed by atoms with Crippen molar-refractivity contribution in [3.63, 3.8) is 0 Å². The molecule has 0 fully saturated rings. The molecule has 0 radical (unpaired) electrons. The molecule has 0 saturated carbocycles. The van der Waals surface area contributed by atoms with Crippen LogP contribution in [0.15, 0.2) is 53.0 Å². The Labute approximate surface area is 119 Å². The molecule has 0 aromatic heterocycles. The molecule has 2 aromatic rings. The second-order valence-electron chi connectivity index (χ2n) is 3.82. The van der Waals surface area contributed by atoms with Gasteiger partial charge in [0.2, 0.25) is 0 Å². The summed E-state index contributed by atoms with van der Waals surface area (Å²) >= 11 is 9.21. The van der Waals surface area contributed by atoms with Crippen LogP contribution in [-0.2, 0) is 6.54 Å². The van der Waals surface area contributed by atoms with E-state index in [2.05, 4.69) is 21.2 Å². The van der Waals surface area contributed by atoms with Gasteiger partial charge >= 0.3 is 0 Å². The summed E-state index contributed by atoms with van der Waals surface area (Å²) in [5, 5.41) is 3.52. The Bertz CT molecular complexity index is 554. The van der Waals surface area contributed by atoms with E-state index in [-0.39, 0.29) is 5.91 Å². The molecule has 0 aliphatic heterocycles. The highest BCUT2D eigenvalue weighted by Gasteiger charge is 2.04. The number of hydrogen-bond acceptors (Lipinski definition) is 1. The predicted octanol–water partition coefficient (Wildman–Crippen LogP) is 4.03. The highest BCUT2D eigenvalue weighted by Crippen LogP contribution is 2.12. The first-order chi connectivity index (χ1) is 8.65. The maximum absolute atomic E-state index is 11.9. The van der Waals surface area contributed by atoms with Crippen LogP contribution in [0.3, 0.4) is 0 Å². The number of rotatable bonds is 3. The van der Waals surface area contributed by atoms with Crippen molar-refractivity contribution >= 4 is 33.4 Å². The molecule has 0 spiro atoms. The molecule has 1 amide bonds. The van der Waals surface area contributed by atoms with E-state index in [9.17, 15) is 4.79 Å². The summed E-state index contributed by atoms with van der Waals surface area (Å²) in [5.74, 6) is -0.0949. The largest absolute Gasteiger partial charge is 0.348 e. The number of nitrogens with one attached hydrogen (secondary N) is 1. The summed E-state index contributed by atoms with van der Waals surface area (Å²) in [6, 6.07) is 14.7. The van der Waals surface area contributed by atoms with Gasteiger partial charge in [-0.15, -0.1) is 0 Å². The maximum Gasteiger partial charge on any atom is 0.251 e. The third-order valence-electron chi connectivity index (χ3n) is 2.45. The highest BCUT2D eigenvalue weighted by atomic mass is 79.9. The fourth-order valence-corrected chi connectivity index (χ4v) is 2.01. The van der Waals surface area contributed by atoms with E-state index < -0.39 is 0 Å². The van der Waals surface area contributed by atoms with Crippen molar-refractivity contribution in [3.05, 3.63) is 69.2 Å². The Morgan fingerprint density at radius 3 is 2.56 bits per heavy atom. The number of carbonyl (C=O) groups excluding carboxylic acids is 1. The lowest BCUT2D eigenvalue weighted by atomic mass is 10.2. The molecule has 2 rings (SSSR count). The Morgan fingerprint density at radius 1 is 1.17 bits per heavy atom. The van der Waals surface area contributed by atoms with E-state index in [1.807, 2.05) is 36.4 Å². The van der Waals surface area contributed by atoms with Gasteiger partial charge in [-0.05, 0) is 42.0 Å². The summed E-state index contributed by atoms with van der Waals surface area (Å²) in [5.41, 5.74) is 1.62. The quantitative estimate of drug-likeness (QED) is 0.907. The van der Waals surface area contributed by atoms with Gasteiger partial charge in [-0.2, -0.15) is 0 Å². The Kier molecular flexibility index (Phi) is 4.39. The zero-order valence-corrected chi connectivity index (χ0v) is 11.8. The van der Waals surface area contributed by atoms with E-state index >= 15 is 0 Å². The van der Waals surface area contributed by atoms with Crippen LogP contribution in [0.1, 0.15) is 15.9 Å². The number of amides is 1. The second kappa shape index (κ2) is 6.03. The molecule has 0 bridgehead atoms. The minimum absolute atomic E-state index is 0.0949. The van der Waals surface area contributed by atoms with E-state index in [4.69, 9.17) is 11.6 Å². The van der Waals surface area contributed by atoms with E-state index in [1.54, 1.807) is 12.1 Å². The highest BCUT2D eigenvalue weighted by molar-refractivity contribution is 9.10. The normalized spacial score (nSPS) is 10.1. The summed E-state index contributed by atoms with van der Waals surface area (Å²) in [4.78, 5) is 11.9. The van der Waals surface area contributed by atoms with E-state index in [0.29, 0.717) is 17.1 Å². The molecule has 2 aromatic carbocycles. The molecule has 4 heteroatoms. The molecule has 0 atom stereocenters. The first-order valence-electron chi connectivity index (χ1n) is 5.43. The van der Waals surface area contributed by atoms with Crippen LogP contribution in [-0.4, -0.2) is 5.91 Å². The van der Waals surface area contributed by atoms with Crippen molar-refractivity contribution in [3.8, 4) is 0 Å². The van der Waals surface area contributed by atoms with Gasteiger partial charge in [0.05, 0.1) is 0 Å². The third kappa shape index (κ3) is 3.59. The van der Waals surface area contributed by atoms with Gasteiger partial charge in [0.15, 0.2) is 0 Å². The second-order valence-corrected chi connectivity index (χ2v) is 5.17. The number of hydrogen-bond donors (Lipinski definition) is 1. The lowest BCUT2D eigenvalue weighted by Gasteiger charge is -2.05. The van der Waals surface area contributed by atoms with Crippen molar-refractivity contribution in [1.82, 2.24) is 5.32 Å². The fourth-order valence-electron chi connectivity index (χ4n) is 1.53. The molecule has 0 heterocycles. The molecule has 0 aliphatic carbocycles. The van der Waals surface area contributed by atoms with Crippen LogP contribution < -0.4 is 5.32 Å². The zero-order valence-electron chi connectivity index (χ0n) is 9.49. The van der Waals surface area contributed by atoms with Crippen molar-refractivity contribution in [2.75, 3.05) is 0 Å². The minimum Gasteiger partial charge on any atom is -0.348 e. The van der Waals surface area contributed by atoms with E-state index in [1.165, 1.54) is 0 Å². The van der Waals surface area contributed by atoms with Gasteiger partial charge in [0.1, 0.15) is 0 Å². The van der Waals surface area contributed by atoms with Gasteiger partial charge in [0, 0.05) is 21.6 Å². The summed E-state index contributed by atoms with van der Waals surface area (Å²) < 4.78 is 0.953. The zero-order chi connectivity index (χ0) is 13.0. The Balaban J connectivity index is 1.98. The van der Waals surface area contributed by atoms with Gasteiger partial charge in [-0.1, -0.05) is 39.7 Å². The molecule has 18 heavy (non-hydrogen) atoms. The van der Waals surface area contributed by atoms with Crippen LogP contribution in [0.25, 0.3) is 0 Å². The van der Waals surface area contributed by atoms with E-state index in [0.717, 1.165) is 10.0 Å². The first-order valence-corrected chi connectivity index (χ1v) is 6.60. The summed E-state index contributed by atoms with van der Waals surface area (Å²) in [6.45, 7) is 0.468. The van der Waals surface area contributed by atoms with Crippen LogP contribution in [0.4, 0.5) is 0 Å². The van der Waals surface area contributed by atoms with Crippen molar-refractivity contribution in [2.45, 2.75) is 6.54 Å². The van der Waals surface area contributed by atoms with Crippen molar-refractivity contribution in [1.29, 1.82) is 0 Å². The fraction of sp³-hybridized carbons (Fsp3) is 0.0714. The van der Waals surface area contributed by atoms with Gasteiger partial charge in [0.25, 0.3) is 5.91 Å².